The molecule has 1 amide bonds. The van der Waals surface area contributed by atoms with Crippen LogP contribution in [0.25, 0.3) is 11.0 Å². The van der Waals surface area contributed by atoms with Gasteiger partial charge in [0.15, 0.2) is 5.58 Å². The maximum atomic E-state index is 12.6. The van der Waals surface area contributed by atoms with Crippen molar-refractivity contribution in [3.8, 4) is 0 Å². The standard InChI is InChI=1S/C18H14Cl2N2O3/c1-9(22-24)15-10(2)25-17-11(15)5-3-8-14(17)21-18(23)16-12(19)6-4-7-13(16)20/h3-8,24H,1-2H3,(H,21,23)/b22-9+. The normalized spacial score (nSPS) is 11.8. The van der Waals surface area contributed by atoms with Gasteiger partial charge in [0.05, 0.1) is 27.0 Å². The number of rotatable bonds is 3. The Morgan fingerprint density at radius 1 is 1.12 bits per heavy atom. The molecular weight excluding hydrogens is 363 g/mol. The Bertz CT molecular complexity index is 989. The van der Waals surface area contributed by atoms with Gasteiger partial charge in [-0.05, 0) is 32.0 Å². The number of furan rings is 1. The van der Waals surface area contributed by atoms with Gasteiger partial charge >= 0.3 is 0 Å². The topological polar surface area (TPSA) is 74.8 Å². The van der Waals surface area contributed by atoms with Crippen LogP contribution in [0.4, 0.5) is 5.69 Å². The van der Waals surface area contributed by atoms with E-state index in [0.717, 1.165) is 5.39 Å². The number of nitrogens with zero attached hydrogens (tertiary/aromatic N) is 1. The molecule has 5 nitrogen and oxygen atoms in total. The first-order valence-electron chi connectivity index (χ1n) is 7.40. The Balaban J connectivity index is 2.07. The molecule has 0 unspecified atom stereocenters. The summed E-state index contributed by atoms with van der Waals surface area (Å²) in [6.45, 7) is 3.44. The van der Waals surface area contributed by atoms with E-state index in [4.69, 9.17) is 32.8 Å². The van der Waals surface area contributed by atoms with E-state index in [1.54, 1.807) is 44.2 Å². The molecule has 1 heterocycles. The number of halogens is 2. The lowest BCUT2D eigenvalue weighted by molar-refractivity contribution is 0.102. The third-order valence-corrected chi connectivity index (χ3v) is 4.47. The van der Waals surface area contributed by atoms with Crippen molar-refractivity contribution in [2.75, 3.05) is 5.32 Å². The SMILES string of the molecule is C/C(=N\O)c1c(C)oc2c(NC(=O)c3c(Cl)cccc3Cl)cccc12. The Kier molecular flexibility index (Phi) is 4.70. The number of fused-ring (bicyclic) bond motifs is 1. The predicted molar refractivity (Wildman–Crippen MR) is 99.4 cm³/mol. The molecule has 0 aliphatic heterocycles. The van der Waals surface area contributed by atoms with E-state index < -0.39 is 5.91 Å². The van der Waals surface area contributed by atoms with Gasteiger partial charge in [-0.1, -0.05) is 46.6 Å². The number of anilines is 1. The summed E-state index contributed by atoms with van der Waals surface area (Å²) in [5, 5.41) is 16.3. The molecule has 0 bridgehead atoms. The lowest BCUT2D eigenvalue weighted by Crippen LogP contribution is -2.13. The van der Waals surface area contributed by atoms with Gasteiger partial charge in [-0.25, -0.2) is 0 Å². The van der Waals surface area contributed by atoms with Gasteiger partial charge in [0.1, 0.15) is 5.76 Å². The summed E-state index contributed by atoms with van der Waals surface area (Å²) in [6.07, 6.45) is 0. The Labute approximate surface area is 153 Å². The minimum Gasteiger partial charge on any atom is -0.458 e. The molecule has 2 N–H and O–H groups in total. The zero-order chi connectivity index (χ0) is 18.1. The summed E-state index contributed by atoms with van der Waals surface area (Å²) in [5.74, 6) is 0.147. The molecule has 0 atom stereocenters. The lowest BCUT2D eigenvalue weighted by Gasteiger charge is -2.09. The van der Waals surface area contributed by atoms with Crippen LogP contribution in [-0.2, 0) is 0 Å². The molecular formula is C18H14Cl2N2O3. The quantitative estimate of drug-likeness (QED) is 0.360. The van der Waals surface area contributed by atoms with Crippen LogP contribution < -0.4 is 5.32 Å². The average molecular weight is 377 g/mol. The van der Waals surface area contributed by atoms with Crippen LogP contribution in [0.1, 0.15) is 28.6 Å². The largest absolute Gasteiger partial charge is 0.458 e. The van der Waals surface area contributed by atoms with E-state index in [1.165, 1.54) is 0 Å². The van der Waals surface area contributed by atoms with Gasteiger partial charge in [-0.15, -0.1) is 0 Å². The molecule has 0 aliphatic rings. The van der Waals surface area contributed by atoms with Crippen LogP contribution in [0.5, 0.6) is 0 Å². The van der Waals surface area contributed by atoms with E-state index in [1.807, 2.05) is 6.07 Å². The molecule has 128 valence electrons. The van der Waals surface area contributed by atoms with Crippen molar-refractivity contribution < 1.29 is 14.4 Å². The smallest absolute Gasteiger partial charge is 0.258 e. The number of benzene rings is 2. The third-order valence-electron chi connectivity index (χ3n) is 3.84. The molecule has 7 heteroatoms. The highest BCUT2D eigenvalue weighted by Gasteiger charge is 2.19. The highest BCUT2D eigenvalue weighted by atomic mass is 35.5. The second kappa shape index (κ2) is 6.78. The number of aryl methyl sites for hydroxylation is 1. The Hall–Kier alpha value is -2.50. The number of carbonyl (C=O) groups excluding carboxylic acids is 1. The Morgan fingerprint density at radius 3 is 2.40 bits per heavy atom. The van der Waals surface area contributed by atoms with Gasteiger partial charge in [-0.2, -0.15) is 0 Å². The summed E-state index contributed by atoms with van der Waals surface area (Å²) >= 11 is 12.2. The second-order valence-corrected chi connectivity index (χ2v) is 6.27. The molecule has 25 heavy (non-hydrogen) atoms. The van der Waals surface area contributed by atoms with Crippen molar-refractivity contribution in [2.45, 2.75) is 13.8 Å². The zero-order valence-electron chi connectivity index (χ0n) is 13.4. The fraction of sp³-hybridized carbons (Fsp3) is 0.111. The fourth-order valence-corrected chi connectivity index (χ4v) is 3.30. The van der Waals surface area contributed by atoms with E-state index in [0.29, 0.717) is 28.3 Å². The Morgan fingerprint density at radius 2 is 1.76 bits per heavy atom. The van der Waals surface area contributed by atoms with Crippen molar-refractivity contribution in [3.63, 3.8) is 0 Å². The number of carbonyl (C=O) groups is 1. The van der Waals surface area contributed by atoms with Crippen molar-refractivity contribution in [2.24, 2.45) is 5.16 Å². The maximum absolute atomic E-state index is 12.6. The lowest BCUT2D eigenvalue weighted by atomic mass is 10.1. The molecule has 0 saturated carbocycles. The molecule has 0 fully saturated rings. The first-order valence-corrected chi connectivity index (χ1v) is 8.16. The van der Waals surface area contributed by atoms with Crippen molar-refractivity contribution in [3.05, 3.63) is 63.3 Å². The molecule has 0 radical (unpaired) electrons. The number of amides is 1. The molecule has 3 rings (SSSR count). The molecule has 0 spiro atoms. The summed E-state index contributed by atoms with van der Waals surface area (Å²) in [7, 11) is 0. The average Bonchev–Trinajstić information content (AvgIpc) is 2.91. The summed E-state index contributed by atoms with van der Waals surface area (Å²) < 4.78 is 5.78. The number of hydrogen-bond donors (Lipinski definition) is 2. The molecule has 1 aromatic heterocycles. The van der Waals surface area contributed by atoms with Crippen LogP contribution in [-0.4, -0.2) is 16.8 Å². The van der Waals surface area contributed by atoms with Crippen molar-refractivity contribution >= 4 is 51.5 Å². The second-order valence-electron chi connectivity index (χ2n) is 5.45. The molecule has 0 saturated heterocycles. The van der Waals surface area contributed by atoms with Gasteiger partial charge in [0.2, 0.25) is 0 Å². The highest BCUT2D eigenvalue weighted by molar-refractivity contribution is 6.40. The van der Waals surface area contributed by atoms with Gasteiger partial charge in [-0.3, -0.25) is 4.79 Å². The van der Waals surface area contributed by atoms with Crippen LogP contribution in [0.3, 0.4) is 0 Å². The number of nitrogens with one attached hydrogen (secondary N) is 1. The van der Waals surface area contributed by atoms with Crippen LogP contribution in [0, 0.1) is 6.92 Å². The monoisotopic (exact) mass is 376 g/mol. The van der Waals surface area contributed by atoms with E-state index in [2.05, 4.69) is 10.5 Å². The molecule has 2 aromatic carbocycles. The first kappa shape index (κ1) is 17.3. The first-order chi connectivity index (χ1) is 11.9. The number of oxime groups is 1. The van der Waals surface area contributed by atoms with E-state index in [9.17, 15) is 4.79 Å². The third kappa shape index (κ3) is 3.08. The maximum Gasteiger partial charge on any atom is 0.258 e. The molecule has 3 aromatic rings. The highest BCUT2D eigenvalue weighted by Crippen LogP contribution is 2.33. The van der Waals surface area contributed by atoms with Crippen molar-refractivity contribution in [1.29, 1.82) is 0 Å². The minimum atomic E-state index is -0.439. The van der Waals surface area contributed by atoms with E-state index >= 15 is 0 Å². The summed E-state index contributed by atoms with van der Waals surface area (Å²) in [6, 6.07) is 10.2. The molecule has 0 aliphatic carbocycles. The summed E-state index contributed by atoms with van der Waals surface area (Å²) in [4.78, 5) is 12.6. The van der Waals surface area contributed by atoms with E-state index in [-0.39, 0.29) is 15.6 Å². The van der Waals surface area contributed by atoms with Crippen LogP contribution >= 0.6 is 23.2 Å². The van der Waals surface area contributed by atoms with Gasteiger partial charge in [0, 0.05) is 10.9 Å². The van der Waals surface area contributed by atoms with Gasteiger partial charge in [0.25, 0.3) is 5.91 Å². The fourth-order valence-electron chi connectivity index (χ4n) is 2.74. The van der Waals surface area contributed by atoms with Crippen LogP contribution in [0.15, 0.2) is 46.0 Å². The number of hydrogen-bond acceptors (Lipinski definition) is 4. The number of para-hydroxylation sites is 1. The van der Waals surface area contributed by atoms with Crippen molar-refractivity contribution in [1.82, 2.24) is 0 Å². The summed E-state index contributed by atoms with van der Waals surface area (Å²) in [5.41, 5.74) is 2.26. The zero-order valence-corrected chi connectivity index (χ0v) is 14.9. The predicted octanol–water partition coefficient (Wildman–Crippen LogP) is 5.50. The van der Waals surface area contributed by atoms with Crippen LogP contribution in [0.2, 0.25) is 10.0 Å². The van der Waals surface area contributed by atoms with Gasteiger partial charge < -0.3 is 14.9 Å². The minimum absolute atomic E-state index is 0.194.